The van der Waals surface area contributed by atoms with Crippen LogP contribution in [0.3, 0.4) is 0 Å². The minimum absolute atomic E-state index is 0.0319. The number of nitrogens with zero attached hydrogens (tertiary/aromatic N) is 2. The molecule has 1 heterocycles. The molecule has 6 heteroatoms. The van der Waals surface area contributed by atoms with E-state index in [1.165, 1.54) is 13.3 Å². The lowest BCUT2D eigenvalue weighted by molar-refractivity contribution is -0.120. The lowest BCUT2D eigenvalue weighted by Gasteiger charge is -2.20. The Labute approximate surface area is 147 Å². The number of aromatic nitrogens is 2. The Morgan fingerprint density at radius 2 is 1.56 bits per heavy atom. The van der Waals surface area contributed by atoms with Gasteiger partial charge in [0, 0.05) is 17.2 Å². The Bertz CT molecular complexity index is 735. The van der Waals surface area contributed by atoms with Crippen molar-refractivity contribution in [1.29, 1.82) is 0 Å². The number of amides is 1. The maximum absolute atomic E-state index is 12.2. The van der Waals surface area contributed by atoms with Gasteiger partial charge in [-0.25, -0.2) is 0 Å². The van der Waals surface area contributed by atoms with Crippen molar-refractivity contribution in [3.63, 3.8) is 0 Å². The van der Waals surface area contributed by atoms with Gasteiger partial charge in [0.05, 0.1) is 0 Å². The maximum Gasteiger partial charge on any atom is 0.228 e. The number of ketones is 1. The molecule has 0 bridgehead atoms. The topological polar surface area (TPSA) is 84.0 Å². The Kier molecular flexibility index (Phi) is 5.38. The number of benzene rings is 1. The van der Waals surface area contributed by atoms with E-state index in [9.17, 15) is 9.59 Å². The first-order valence-electron chi connectivity index (χ1n) is 8.64. The van der Waals surface area contributed by atoms with Gasteiger partial charge in [0.2, 0.25) is 5.91 Å². The van der Waals surface area contributed by atoms with Crippen LogP contribution in [0.1, 0.15) is 49.4 Å². The van der Waals surface area contributed by atoms with Gasteiger partial charge in [-0.1, -0.05) is 19.3 Å². The number of carbonyl (C=O) groups excluding carboxylic acids is 2. The van der Waals surface area contributed by atoms with E-state index in [0.717, 1.165) is 31.4 Å². The molecule has 1 saturated carbocycles. The predicted octanol–water partition coefficient (Wildman–Crippen LogP) is 3.94. The second-order valence-electron chi connectivity index (χ2n) is 6.39. The number of carbonyl (C=O) groups is 2. The van der Waals surface area contributed by atoms with Crippen molar-refractivity contribution >= 4 is 29.0 Å². The van der Waals surface area contributed by atoms with Crippen LogP contribution in [0.5, 0.6) is 0 Å². The van der Waals surface area contributed by atoms with Crippen LogP contribution < -0.4 is 10.6 Å². The van der Waals surface area contributed by atoms with Crippen molar-refractivity contribution in [1.82, 2.24) is 10.2 Å². The molecular formula is C19H22N4O2. The van der Waals surface area contributed by atoms with Gasteiger partial charge in [-0.15, -0.1) is 10.2 Å². The summed E-state index contributed by atoms with van der Waals surface area (Å²) in [7, 11) is 0. The minimum Gasteiger partial charge on any atom is -0.339 e. The van der Waals surface area contributed by atoms with Crippen molar-refractivity contribution in [2.45, 2.75) is 39.0 Å². The molecule has 25 heavy (non-hydrogen) atoms. The molecule has 0 spiro atoms. The largest absolute Gasteiger partial charge is 0.339 e. The summed E-state index contributed by atoms with van der Waals surface area (Å²) in [5, 5.41) is 14.1. The number of hydrogen-bond acceptors (Lipinski definition) is 5. The van der Waals surface area contributed by atoms with Gasteiger partial charge in [-0.05, 0) is 56.2 Å². The zero-order valence-electron chi connectivity index (χ0n) is 14.3. The summed E-state index contributed by atoms with van der Waals surface area (Å²) in [6.45, 7) is 1.54. The number of Topliss-reactive ketones (excluding diaryl/α,β-unsaturated/α-hetero) is 1. The molecule has 1 amide bonds. The van der Waals surface area contributed by atoms with Crippen LogP contribution >= 0.6 is 0 Å². The predicted molar refractivity (Wildman–Crippen MR) is 97.0 cm³/mol. The van der Waals surface area contributed by atoms with E-state index in [4.69, 9.17) is 0 Å². The summed E-state index contributed by atoms with van der Waals surface area (Å²) in [4.78, 5) is 23.5. The van der Waals surface area contributed by atoms with Crippen LogP contribution in [-0.4, -0.2) is 21.9 Å². The highest BCUT2D eigenvalue weighted by Gasteiger charge is 2.21. The average molecular weight is 338 g/mol. The van der Waals surface area contributed by atoms with Crippen LogP contribution in [0, 0.1) is 5.92 Å². The summed E-state index contributed by atoms with van der Waals surface area (Å²) >= 11 is 0. The third-order valence-corrected chi connectivity index (χ3v) is 4.46. The highest BCUT2D eigenvalue weighted by Crippen LogP contribution is 2.24. The van der Waals surface area contributed by atoms with Gasteiger partial charge in [0.15, 0.2) is 17.4 Å². The highest BCUT2D eigenvalue weighted by molar-refractivity contribution is 5.94. The molecule has 6 nitrogen and oxygen atoms in total. The summed E-state index contributed by atoms with van der Waals surface area (Å²) in [5.74, 6) is 1.20. The van der Waals surface area contributed by atoms with E-state index >= 15 is 0 Å². The van der Waals surface area contributed by atoms with Gasteiger partial charge < -0.3 is 10.6 Å². The third kappa shape index (κ3) is 4.62. The van der Waals surface area contributed by atoms with E-state index in [1.54, 1.807) is 24.3 Å². The Balaban J connectivity index is 1.58. The molecule has 1 aromatic heterocycles. The fourth-order valence-corrected chi connectivity index (χ4v) is 2.99. The highest BCUT2D eigenvalue weighted by atomic mass is 16.2. The molecule has 1 aromatic carbocycles. The van der Waals surface area contributed by atoms with E-state index in [1.807, 2.05) is 12.1 Å². The van der Waals surface area contributed by atoms with Gasteiger partial charge in [0.1, 0.15) is 0 Å². The second kappa shape index (κ2) is 7.88. The number of nitrogens with one attached hydrogen (secondary N) is 2. The summed E-state index contributed by atoms with van der Waals surface area (Å²) in [6.07, 6.45) is 5.37. The second-order valence-corrected chi connectivity index (χ2v) is 6.39. The molecule has 0 unspecified atom stereocenters. The Hall–Kier alpha value is -2.76. The molecule has 3 rings (SSSR count). The zero-order valence-corrected chi connectivity index (χ0v) is 14.3. The minimum atomic E-state index is 0.0319. The van der Waals surface area contributed by atoms with Crippen molar-refractivity contribution < 1.29 is 9.59 Å². The van der Waals surface area contributed by atoms with Crippen LogP contribution in [-0.2, 0) is 4.79 Å². The Morgan fingerprint density at radius 1 is 0.920 bits per heavy atom. The fraction of sp³-hybridized carbons (Fsp3) is 0.368. The molecule has 0 atom stereocenters. The average Bonchev–Trinajstić information content (AvgIpc) is 2.64. The van der Waals surface area contributed by atoms with Gasteiger partial charge in [-0.3, -0.25) is 9.59 Å². The molecule has 1 fully saturated rings. The van der Waals surface area contributed by atoms with Gasteiger partial charge in [0.25, 0.3) is 0 Å². The SMILES string of the molecule is CC(=O)c1ccc(Nc2ccc(NC(=O)C3CCCCC3)nn2)cc1. The summed E-state index contributed by atoms with van der Waals surface area (Å²) in [5.41, 5.74) is 1.48. The first-order chi connectivity index (χ1) is 12.1. The van der Waals surface area contributed by atoms with Crippen molar-refractivity contribution in [3.8, 4) is 0 Å². The molecule has 1 aliphatic carbocycles. The van der Waals surface area contributed by atoms with Crippen LogP contribution in [0.25, 0.3) is 0 Å². The summed E-state index contributed by atoms with van der Waals surface area (Å²) < 4.78 is 0. The number of rotatable bonds is 5. The molecule has 0 saturated heterocycles. The molecule has 2 aromatic rings. The summed E-state index contributed by atoms with van der Waals surface area (Å²) in [6, 6.07) is 10.7. The van der Waals surface area contributed by atoms with Crippen LogP contribution in [0.4, 0.5) is 17.3 Å². The van der Waals surface area contributed by atoms with Crippen LogP contribution in [0.15, 0.2) is 36.4 Å². The van der Waals surface area contributed by atoms with Crippen molar-refractivity contribution in [2.24, 2.45) is 5.92 Å². The molecule has 0 radical (unpaired) electrons. The van der Waals surface area contributed by atoms with Gasteiger partial charge >= 0.3 is 0 Å². The molecule has 2 N–H and O–H groups in total. The number of hydrogen-bond donors (Lipinski definition) is 2. The number of anilines is 3. The van der Waals surface area contributed by atoms with Crippen molar-refractivity contribution in [2.75, 3.05) is 10.6 Å². The molecule has 130 valence electrons. The standard InChI is InChI=1S/C19H22N4O2/c1-13(24)14-7-9-16(10-8-14)20-17-11-12-18(23-22-17)21-19(25)15-5-3-2-4-6-15/h7-12,15H,2-6H2,1H3,(H,20,22)(H,21,23,25). The first-order valence-corrected chi connectivity index (χ1v) is 8.64. The van der Waals surface area contributed by atoms with Crippen LogP contribution in [0.2, 0.25) is 0 Å². The first kappa shape index (κ1) is 17.1. The van der Waals surface area contributed by atoms with E-state index in [2.05, 4.69) is 20.8 Å². The zero-order chi connectivity index (χ0) is 17.6. The van der Waals surface area contributed by atoms with Gasteiger partial charge in [-0.2, -0.15) is 0 Å². The van der Waals surface area contributed by atoms with E-state index < -0.39 is 0 Å². The Morgan fingerprint density at radius 3 is 2.16 bits per heavy atom. The lowest BCUT2D eigenvalue weighted by atomic mass is 9.89. The molecular weight excluding hydrogens is 316 g/mol. The smallest absolute Gasteiger partial charge is 0.228 e. The maximum atomic E-state index is 12.2. The normalized spacial score (nSPS) is 14.8. The quantitative estimate of drug-likeness (QED) is 0.807. The van der Waals surface area contributed by atoms with E-state index in [-0.39, 0.29) is 17.6 Å². The van der Waals surface area contributed by atoms with Crippen molar-refractivity contribution in [3.05, 3.63) is 42.0 Å². The molecule has 0 aliphatic heterocycles. The lowest BCUT2D eigenvalue weighted by Crippen LogP contribution is -2.25. The monoisotopic (exact) mass is 338 g/mol. The third-order valence-electron chi connectivity index (χ3n) is 4.46. The van der Waals surface area contributed by atoms with E-state index in [0.29, 0.717) is 17.2 Å². The molecule has 1 aliphatic rings. The fourth-order valence-electron chi connectivity index (χ4n) is 2.99.